The van der Waals surface area contributed by atoms with E-state index >= 15 is 0 Å². The van der Waals surface area contributed by atoms with Crippen molar-refractivity contribution in [2.45, 2.75) is 20.3 Å². The zero-order valence-corrected chi connectivity index (χ0v) is 9.21. The minimum absolute atomic E-state index is 0.122. The van der Waals surface area contributed by atoms with Gasteiger partial charge in [-0.3, -0.25) is 10.1 Å². The molecule has 0 bridgehead atoms. The van der Waals surface area contributed by atoms with Gasteiger partial charge >= 0.3 is 5.69 Å². The second kappa shape index (κ2) is 4.88. The van der Waals surface area contributed by atoms with Gasteiger partial charge in [-0.15, -0.1) is 0 Å². The van der Waals surface area contributed by atoms with Crippen LogP contribution < -0.4 is 5.32 Å². The SMILES string of the molecule is CCNc1nc(CC)nc(Cl)c1[N+](=O)[O-]. The molecule has 0 atom stereocenters. The van der Waals surface area contributed by atoms with Gasteiger partial charge in [-0.25, -0.2) is 9.97 Å². The van der Waals surface area contributed by atoms with E-state index in [0.717, 1.165) is 0 Å². The number of nitrogens with zero attached hydrogens (tertiary/aromatic N) is 3. The van der Waals surface area contributed by atoms with Crippen molar-refractivity contribution in [2.24, 2.45) is 0 Å². The van der Waals surface area contributed by atoms with Crippen LogP contribution in [0.3, 0.4) is 0 Å². The van der Waals surface area contributed by atoms with Crippen molar-refractivity contribution in [1.29, 1.82) is 0 Å². The van der Waals surface area contributed by atoms with Crippen LogP contribution in [0.15, 0.2) is 0 Å². The minimum atomic E-state index is -0.584. The van der Waals surface area contributed by atoms with Gasteiger partial charge in [0.15, 0.2) is 0 Å². The van der Waals surface area contributed by atoms with Crippen LogP contribution in [0.1, 0.15) is 19.7 Å². The Labute approximate surface area is 91.8 Å². The lowest BCUT2D eigenvalue weighted by Crippen LogP contribution is -2.07. The maximum atomic E-state index is 10.7. The van der Waals surface area contributed by atoms with E-state index in [1.165, 1.54) is 0 Å². The molecule has 0 aliphatic heterocycles. The van der Waals surface area contributed by atoms with Crippen LogP contribution in [0.4, 0.5) is 11.5 Å². The number of anilines is 1. The van der Waals surface area contributed by atoms with Gasteiger partial charge in [0, 0.05) is 13.0 Å². The molecule has 0 unspecified atom stereocenters. The first kappa shape index (κ1) is 11.6. The van der Waals surface area contributed by atoms with Gasteiger partial charge in [0.2, 0.25) is 11.0 Å². The van der Waals surface area contributed by atoms with Crippen molar-refractivity contribution in [1.82, 2.24) is 9.97 Å². The molecule has 0 spiro atoms. The number of nitrogens with one attached hydrogen (secondary N) is 1. The van der Waals surface area contributed by atoms with E-state index in [1.807, 2.05) is 13.8 Å². The smallest absolute Gasteiger partial charge is 0.348 e. The van der Waals surface area contributed by atoms with Gasteiger partial charge < -0.3 is 5.32 Å². The highest BCUT2D eigenvalue weighted by Gasteiger charge is 2.22. The summed E-state index contributed by atoms with van der Waals surface area (Å²) in [7, 11) is 0. The summed E-state index contributed by atoms with van der Waals surface area (Å²) in [4.78, 5) is 18.0. The standard InChI is InChI=1S/C8H11ClN4O2/c1-3-5-11-7(9)6(13(14)15)8(12-5)10-4-2/h3-4H2,1-2H3,(H,10,11,12). The number of halogens is 1. The Balaban J connectivity index is 3.28. The van der Waals surface area contributed by atoms with Crippen LogP contribution in [0, 0.1) is 10.1 Å². The monoisotopic (exact) mass is 230 g/mol. The van der Waals surface area contributed by atoms with Crippen LogP contribution in [0.5, 0.6) is 0 Å². The normalized spacial score (nSPS) is 10.1. The van der Waals surface area contributed by atoms with E-state index in [2.05, 4.69) is 15.3 Å². The largest absolute Gasteiger partial charge is 0.364 e. The van der Waals surface area contributed by atoms with Gasteiger partial charge in [-0.1, -0.05) is 18.5 Å². The van der Waals surface area contributed by atoms with Gasteiger partial charge in [-0.05, 0) is 6.92 Å². The van der Waals surface area contributed by atoms with Crippen molar-refractivity contribution in [3.63, 3.8) is 0 Å². The number of nitro groups is 1. The molecule has 1 rings (SSSR count). The third kappa shape index (κ3) is 2.53. The predicted molar refractivity (Wildman–Crippen MR) is 57.2 cm³/mol. The maximum absolute atomic E-state index is 10.7. The van der Waals surface area contributed by atoms with Crippen LogP contribution in [-0.4, -0.2) is 21.4 Å². The number of rotatable bonds is 4. The molecule has 1 aromatic heterocycles. The fourth-order valence-electron chi connectivity index (χ4n) is 1.08. The summed E-state index contributed by atoms with van der Waals surface area (Å²) in [5, 5.41) is 13.4. The summed E-state index contributed by atoms with van der Waals surface area (Å²) in [6.07, 6.45) is 0.579. The lowest BCUT2D eigenvalue weighted by atomic mass is 10.4. The number of aromatic nitrogens is 2. The zero-order valence-electron chi connectivity index (χ0n) is 8.45. The minimum Gasteiger partial charge on any atom is -0.364 e. The Morgan fingerprint density at radius 2 is 2.13 bits per heavy atom. The molecule has 0 aromatic carbocycles. The van der Waals surface area contributed by atoms with Crippen LogP contribution in [0.2, 0.25) is 5.15 Å². The summed E-state index contributed by atoms with van der Waals surface area (Å²) in [5.41, 5.74) is -0.268. The van der Waals surface area contributed by atoms with Gasteiger partial charge in [0.1, 0.15) is 5.82 Å². The van der Waals surface area contributed by atoms with Crippen molar-refractivity contribution in [3.8, 4) is 0 Å². The summed E-state index contributed by atoms with van der Waals surface area (Å²) < 4.78 is 0. The first-order chi connectivity index (χ1) is 7.10. The fourth-order valence-corrected chi connectivity index (χ4v) is 1.34. The molecule has 0 aliphatic carbocycles. The number of hydrogen-bond acceptors (Lipinski definition) is 5. The molecular weight excluding hydrogens is 220 g/mol. The Morgan fingerprint density at radius 1 is 1.47 bits per heavy atom. The average Bonchev–Trinajstić information content (AvgIpc) is 2.16. The molecule has 0 saturated carbocycles. The Bertz CT molecular complexity index is 383. The van der Waals surface area contributed by atoms with Gasteiger partial charge in [-0.2, -0.15) is 0 Å². The molecule has 0 fully saturated rings. The molecule has 7 heteroatoms. The molecular formula is C8H11ClN4O2. The van der Waals surface area contributed by atoms with E-state index in [4.69, 9.17) is 11.6 Å². The van der Waals surface area contributed by atoms with E-state index < -0.39 is 4.92 Å². The van der Waals surface area contributed by atoms with Crippen molar-refractivity contribution >= 4 is 23.1 Å². The average molecular weight is 231 g/mol. The fraction of sp³-hybridized carbons (Fsp3) is 0.500. The third-order valence-corrected chi connectivity index (χ3v) is 1.99. The molecule has 0 saturated heterocycles. The van der Waals surface area contributed by atoms with Crippen molar-refractivity contribution in [2.75, 3.05) is 11.9 Å². The van der Waals surface area contributed by atoms with E-state index in [-0.39, 0.29) is 16.7 Å². The van der Waals surface area contributed by atoms with Crippen LogP contribution in [-0.2, 0) is 6.42 Å². The van der Waals surface area contributed by atoms with E-state index in [9.17, 15) is 10.1 Å². The Morgan fingerprint density at radius 3 is 2.60 bits per heavy atom. The summed E-state index contributed by atoms with van der Waals surface area (Å²) >= 11 is 5.71. The molecule has 6 nitrogen and oxygen atoms in total. The molecule has 0 aliphatic rings. The third-order valence-electron chi connectivity index (χ3n) is 1.73. The molecule has 1 aromatic rings. The van der Waals surface area contributed by atoms with Crippen LogP contribution in [0.25, 0.3) is 0 Å². The zero-order chi connectivity index (χ0) is 11.4. The summed E-state index contributed by atoms with van der Waals surface area (Å²) in [6, 6.07) is 0. The molecule has 0 amide bonds. The molecule has 1 N–H and O–H groups in total. The van der Waals surface area contributed by atoms with Crippen molar-refractivity contribution in [3.05, 3.63) is 21.1 Å². The quantitative estimate of drug-likeness (QED) is 0.486. The predicted octanol–water partition coefficient (Wildman–Crippen LogP) is 2.03. The summed E-state index contributed by atoms with van der Waals surface area (Å²) in [5.74, 6) is 0.668. The summed E-state index contributed by atoms with van der Waals surface area (Å²) in [6.45, 7) is 4.22. The first-order valence-electron chi connectivity index (χ1n) is 4.54. The van der Waals surface area contributed by atoms with E-state index in [1.54, 1.807) is 0 Å². The highest BCUT2D eigenvalue weighted by molar-refractivity contribution is 6.31. The molecule has 0 radical (unpaired) electrons. The van der Waals surface area contributed by atoms with Gasteiger partial charge in [0.25, 0.3) is 0 Å². The van der Waals surface area contributed by atoms with E-state index in [0.29, 0.717) is 18.8 Å². The lowest BCUT2D eigenvalue weighted by Gasteiger charge is -2.05. The first-order valence-corrected chi connectivity index (χ1v) is 4.92. The van der Waals surface area contributed by atoms with Crippen molar-refractivity contribution < 1.29 is 4.92 Å². The highest BCUT2D eigenvalue weighted by Crippen LogP contribution is 2.29. The highest BCUT2D eigenvalue weighted by atomic mass is 35.5. The molecule has 1 heterocycles. The second-order valence-electron chi connectivity index (χ2n) is 2.77. The number of aryl methyl sites for hydroxylation is 1. The molecule has 15 heavy (non-hydrogen) atoms. The Hall–Kier alpha value is -1.43. The number of hydrogen-bond donors (Lipinski definition) is 1. The van der Waals surface area contributed by atoms with Crippen LogP contribution >= 0.6 is 11.6 Å². The second-order valence-corrected chi connectivity index (χ2v) is 3.13. The molecule has 82 valence electrons. The lowest BCUT2D eigenvalue weighted by molar-refractivity contribution is -0.384. The topological polar surface area (TPSA) is 81.0 Å². The maximum Gasteiger partial charge on any atom is 0.348 e. The Kier molecular flexibility index (Phi) is 3.79. The van der Waals surface area contributed by atoms with Gasteiger partial charge in [0.05, 0.1) is 4.92 Å².